The number of nitrogens with one attached hydrogen (secondary N) is 1. The first-order valence-electron chi connectivity index (χ1n) is 9.16. The fourth-order valence-electron chi connectivity index (χ4n) is 3.17. The zero-order valence-electron chi connectivity index (χ0n) is 15.7. The molecule has 0 aliphatic rings. The van der Waals surface area contributed by atoms with Crippen LogP contribution in [-0.4, -0.2) is 27.1 Å². The summed E-state index contributed by atoms with van der Waals surface area (Å²) in [5.41, 5.74) is 2.26. The van der Waals surface area contributed by atoms with Gasteiger partial charge in [-0.2, -0.15) is 0 Å². The van der Waals surface area contributed by atoms with Crippen molar-refractivity contribution in [3.8, 4) is 5.88 Å². The van der Waals surface area contributed by atoms with E-state index in [0.717, 1.165) is 16.9 Å². The van der Waals surface area contributed by atoms with Crippen LogP contribution in [-0.2, 0) is 17.8 Å². The second-order valence-corrected chi connectivity index (χ2v) is 6.91. The molecule has 0 unspecified atom stereocenters. The summed E-state index contributed by atoms with van der Waals surface area (Å²) >= 11 is 6.09. The van der Waals surface area contributed by atoms with Crippen LogP contribution in [0.25, 0.3) is 16.4 Å². The number of benzene rings is 2. The molecule has 4 rings (SSSR count). The number of hydrogen-bond donors (Lipinski definition) is 1. The molecular formula is C21H18ClFN4O2. The normalized spacial score (nSPS) is 11.1. The number of halogens is 2. The molecule has 0 saturated carbocycles. The number of fused-ring (bicyclic) bond motifs is 3. The van der Waals surface area contributed by atoms with Gasteiger partial charge in [-0.3, -0.25) is 9.20 Å². The predicted molar refractivity (Wildman–Crippen MR) is 109 cm³/mol. The third-order valence-corrected chi connectivity index (χ3v) is 4.96. The van der Waals surface area contributed by atoms with Crippen molar-refractivity contribution in [2.24, 2.45) is 0 Å². The van der Waals surface area contributed by atoms with E-state index in [4.69, 9.17) is 16.3 Å². The Kier molecular flexibility index (Phi) is 5.31. The minimum absolute atomic E-state index is 0.215. The standard InChI is InChI=1S/C21H18ClFN4O2/c1-2-19-25-26-21(18-10-14-9-15(23)7-8-17(14)27(18)19)29-12-20(28)24-11-13-5-3-4-6-16(13)22/h3-10H,2,11-12H2,1H3,(H,24,28). The van der Waals surface area contributed by atoms with Gasteiger partial charge < -0.3 is 10.1 Å². The van der Waals surface area contributed by atoms with Crippen molar-refractivity contribution in [3.05, 3.63) is 70.8 Å². The molecule has 29 heavy (non-hydrogen) atoms. The summed E-state index contributed by atoms with van der Waals surface area (Å²) in [6.45, 7) is 2.03. The van der Waals surface area contributed by atoms with Crippen LogP contribution in [0, 0.1) is 5.82 Å². The average molecular weight is 413 g/mol. The van der Waals surface area contributed by atoms with E-state index in [1.54, 1.807) is 18.2 Å². The van der Waals surface area contributed by atoms with Gasteiger partial charge in [0.05, 0.1) is 5.52 Å². The highest BCUT2D eigenvalue weighted by Crippen LogP contribution is 2.27. The molecule has 1 N–H and O–H groups in total. The van der Waals surface area contributed by atoms with E-state index in [1.807, 2.05) is 29.5 Å². The van der Waals surface area contributed by atoms with Gasteiger partial charge in [-0.15, -0.1) is 10.2 Å². The van der Waals surface area contributed by atoms with E-state index >= 15 is 0 Å². The molecule has 0 fully saturated rings. The molecule has 1 amide bonds. The number of aryl methyl sites for hydroxylation is 1. The Hall–Kier alpha value is -3.19. The van der Waals surface area contributed by atoms with Crippen LogP contribution >= 0.6 is 11.6 Å². The molecule has 4 aromatic rings. The van der Waals surface area contributed by atoms with Crippen LogP contribution < -0.4 is 10.1 Å². The molecule has 8 heteroatoms. The first-order chi connectivity index (χ1) is 14.1. The summed E-state index contributed by atoms with van der Waals surface area (Å²) in [7, 11) is 0. The van der Waals surface area contributed by atoms with Crippen LogP contribution in [0.4, 0.5) is 4.39 Å². The van der Waals surface area contributed by atoms with Crippen molar-refractivity contribution in [2.45, 2.75) is 19.9 Å². The number of carbonyl (C=O) groups excluding carboxylic acids is 1. The van der Waals surface area contributed by atoms with E-state index in [0.29, 0.717) is 28.9 Å². The molecule has 2 heterocycles. The number of amides is 1. The van der Waals surface area contributed by atoms with Gasteiger partial charge in [-0.1, -0.05) is 36.7 Å². The quantitative estimate of drug-likeness (QED) is 0.521. The number of carbonyl (C=O) groups is 1. The Morgan fingerprint density at radius 1 is 1.17 bits per heavy atom. The number of nitrogens with zero attached hydrogens (tertiary/aromatic N) is 3. The van der Waals surface area contributed by atoms with Crippen molar-refractivity contribution in [1.82, 2.24) is 19.9 Å². The van der Waals surface area contributed by atoms with Gasteiger partial charge in [0, 0.05) is 23.4 Å². The molecule has 2 aromatic carbocycles. The largest absolute Gasteiger partial charge is 0.465 e. The maximum Gasteiger partial charge on any atom is 0.258 e. The van der Waals surface area contributed by atoms with Gasteiger partial charge in [-0.25, -0.2) is 4.39 Å². The molecule has 148 valence electrons. The monoisotopic (exact) mass is 412 g/mol. The average Bonchev–Trinajstić information content (AvgIpc) is 3.10. The topological polar surface area (TPSA) is 68.5 Å². The zero-order chi connectivity index (χ0) is 20.4. The van der Waals surface area contributed by atoms with Gasteiger partial charge in [0.15, 0.2) is 6.61 Å². The Labute approximate surface area is 171 Å². The fraction of sp³-hybridized carbons (Fsp3) is 0.190. The molecule has 0 aliphatic heterocycles. The van der Waals surface area contributed by atoms with Crippen molar-refractivity contribution < 1.29 is 13.9 Å². The van der Waals surface area contributed by atoms with Gasteiger partial charge >= 0.3 is 0 Å². The summed E-state index contributed by atoms with van der Waals surface area (Å²) in [6.07, 6.45) is 0.642. The first-order valence-corrected chi connectivity index (χ1v) is 9.53. The highest BCUT2D eigenvalue weighted by atomic mass is 35.5. The van der Waals surface area contributed by atoms with Crippen molar-refractivity contribution in [3.63, 3.8) is 0 Å². The van der Waals surface area contributed by atoms with Crippen LogP contribution in [0.15, 0.2) is 48.5 Å². The van der Waals surface area contributed by atoms with Gasteiger partial charge in [-0.05, 0) is 35.9 Å². The number of rotatable bonds is 6. The molecule has 0 aliphatic carbocycles. The molecule has 0 radical (unpaired) electrons. The van der Waals surface area contributed by atoms with Gasteiger partial charge in [0.2, 0.25) is 0 Å². The molecule has 2 aromatic heterocycles. The Bertz CT molecular complexity index is 1210. The van der Waals surface area contributed by atoms with Crippen molar-refractivity contribution in [1.29, 1.82) is 0 Å². The lowest BCUT2D eigenvalue weighted by Crippen LogP contribution is -2.28. The van der Waals surface area contributed by atoms with Crippen LogP contribution in [0.3, 0.4) is 0 Å². The van der Waals surface area contributed by atoms with E-state index < -0.39 is 0 Å². The van der Waals surface area contributed by atoms with Crippen molar-refractivity contribution >= 4 is 33.9 Å². The lowest BCUT2D eigenvalue weighted by molar-refractivity contribution is -0.123. The highest BCUT2D eigenvalue weighted by molar-refractivity contribution is 6.31. The third kappa shape index (κ3) is 3.86. The van der Waals surface area contributed by atoms with Crippen LogP contribution in [0.1, 0.15) is 18.3 Å². The molecule has 6 nitrogen and oxygen atoms in total. The smallest absolute Gasteiger partial charge is 0.258 e. The molecular weight excluding hydrogens is 395 g/mol. The summed E-state index contributed by atoms with van der Waals surface area (Å²) in [4.78, 5) is 12.2. The Morgan fingerprint density at radius 3 is 2.79 bits per heavy atom. The van der Waals surface area contributed by atoms with Crippen molar-refractivity contribution in [2.75, 3.05) is 6.61 Å². The second-order valence-electron chi connectivity index (χ2n) is 6.50. The SMILES string of the molecule is CCc1nnc(OCC(=O)NCc2ccccc2Cl)c2cc3cc(F)ccc3n12. The molecule has 0 atom stereocenters. The molecule has 0 bridgehead atoms. The lowest BCUT2D eigenvalue weighted by atomic mass is 10.2. The minimum Gasteiger partial charge on any atom is -0.465 e. The maximum atomic E-state index is 13.6. The van der Waals surface area contributed by atoms with Crippen LogP contribution in [0.5, 0.6) is 5.88 Å². The van der Waals surface area contributed by atoms with Gasteiger partial charge in [0.25, 0.3) is 11.8 Å². The Balaban J connectivity index is 1.54. The maximum absolute atomic E-state index is 13.6. The first kappa shape index (κ1) is 19.1. The van der Waals surface area contributed by atoms with E-state index in [-0.39, 0.29) is 24.2 Å². The van der Waals surface area contributed by atoms with E-state index in [1.165, 1.54) is 12.1 Å². The third-order valence-electron chi connectivity index (χ3n) is 4.59. The van der Waals surface area contributed by atoms with Crippen LogP contribution in [0.2, 0.25) is 5.02 Å². The summed E-state index contributed by atoms with van der Waals surface area (Å²) in [5, 5.41) is 12.4. The minimum atomic E-state index is -0.325. The molecule has 0 spiro atoms. The van der Waals surface area contributed by atoms with Gasteiger partial charge in [0.1, 0.15) is 17.2 Å². The Morgan fingerprint density at radius 2 is 2.00 bits per heavy atom. The zero-order valence-corrected chi connectivity index (χ0v) is 16.4. The van der Waals surface area contributed by atoms with E-state index in [2.05, 4.69) is 15.5 Å². The number of aromatic nitrogens is 3. The fourth-order valence-corrected chi connectivity index (χ4v) is 3.38. The second kappa shape index (κ2) is 8.05. The summed E-state index contributed by atoms with van der Waals surface area (Å²) < 4.78 is 21.1. The highest BCUT2D eigenvalue weighted by Gasteiger charge is 2.15. The predicted octanol–water partition coefficient (Wildman–Crippen LogP) is 3.93. The molecule has 0 saturated heterocycles. The summed E-state index contributed by atoms with van der Waals surface area (Å²) in [6, 6.07) is 13.6. The lowest BCUT2D eigenvalue weighted by Gasteiger charge is -2.10. The number of ether oxygens (including phenoxy) is 1. The summed E-state index contributed by atoms with van der Waals surface area (Å²) in [5.74, 6) is 0.296. The number of hydrogen-bond acceptors (Lipinski definition) is 4. The van der Waals surface area contributed by atoms with E-state index in [9.17, 15) is 9.18 Å².